The Hall–Kier alpha value is -1.95. The second kappa shape index (κ2) is 12.2. The summed E-state index contributed by atoms with van der Waals surface area (Å²) in [6, 6.07) is 9.53. The second-order valence-electron chi connectivity index (χ2n) is 7.28. The molecule has 0 unspecified atom stereocenters. The van der Waals surface area contributed by atoms with Gasteiger partial charge in [0.1, 0.15) is 11.8 Å². The first-order chi connectivity index (χ1) is 14.7. The number of nitrogens with one attached hydrogen (secondary N) is 1. The molecule has 5 nitrogen and oxygen atoms in total. The number of carbonyl (C=O) groups excluding carboxylic acids is 2. The van der Waals surface area contributed by atoms with Crippen molar-refractivity contribution in [2.75, 3.05) is 13.2 Å². The fourth-order valence-corrected chi connectivity index (χ4v) is 3.47. The van der Waals surface area contributed by atoms with Crippen molar-refractivity contribution >= 4 is 46.6 Å². The monoisotopic (exact) mass is 484 g/mol. The SMILES string of the molecule is CCCCNC(=O)[C@@H](C)N(Cc1ccc(Cl)cc1Cl)C(=O)COc1ccc(Cl)c(C)c1. The van der Waals surface area contributed by atoms with E-state index in [1.807, 2.05) is 13.8 Å². The molecule has 2 rings (SSSR count). The molecule has 1 atom stereocenters. The molecule has 0 saturated heterocycles. The summed E-state index contributed by atoms with van der Waals surface area (Å²) in [4.78, 5) is 27.1. The van der Waals surface area contributed by atoms with Crippen molar-refractivity contribution in [3.05, 3.63) is 62.6 Å². The molecule has 0 aliphatic rings. The van der Waals surface area contributed by atoms with E-state index in [1.54, 1.807) is 43.3 Å². The molecule has 1 N–H and O–H groups in total. The lowest BCUT2D eigenvalue weighted by atomic mass is 10.1. The summed E-state index contributed by atoms with van der Waals surface area (Å²) in [5.74, 6) is -0.0363. The summed E-state index contributed by atoms with van der Waals surface area (Å²) in [6.45, 7) is 6.08. The van der Waals surface area contributed by atoms with Crippen LogP contribution in [0.1, 0.15) is 37.8 Å². The Kier molecular flexibility index (Phi) is 9.94. The third-order valence-corrected chi connectivity index (χ3v) is 5.86. The molecule has 0 aromatic heterocycles. The summed E-state index contributed by atoms with van der Waals surface area (Å²) in [6.07, 6.45) is 1.83. The van der Waals surface area contributed by atoms with Crippen molar-refractivity contribution in [3.8, 4) is 5.75 Å². The normalized spacial score (nSPS) is 11.7. The second-order valence-corrected chi connectivity index (χ2v) is 8.53. The van der Waals surface area contributed by atoms with E-state index in [-0.39, 0.29) is 25.0 Å². The number of rotatable bonds is 10. The molecule has 0 heterocycles. The maximum Gasteiger partial charge on any atom is 0.261 e. The van der Waals surface area contributed by atoms with Crippen LogP contribution in [0.15, 0.2) is 36.4 Å². The number of nitrogens with zero attached hydrogens (tertiary/aromatic N) is 1. The van der Waals surface area contributed by atoms with Crippen LogP contribution in [0, 0.1) is 6.92 Å². The first-order valence-corrected chi connectivity index (χ1v) is 11.3. The van der Waals surface area contributed by atoms with E-state index in [9.17, 15) is 9.59 Å². The highest BCUT2D eigenvalue weighted by molar-refractivity contribution is 6.35. The van der Waals surface area contributed by atoms with Gasteiger partial charge in [0.25, 0.3) is 5.91 Å². The molecular weight excluding hydrogens is 459 g/mol. The van der Waals surface area contributed by atoms with Gasteiger partial charge in [-0.2, -0.15) is 0 Å². The zero-order valence-corrected chi connectivity index (χ0v) is 20.2. The summed E-state index contributed by atoms with van der Waals surface area (Å²) < 4.78 is 5.66. The number of hydrogen-bond acceptors (Lipinski definition) is 3. The molecule has 0 radical (unpaired) electrons. The molecule has 168 valence electrons. The van der Waals surface area contributed by atoms with E-state index in [4.69, 9.17) is 39.5 Å². The third kappa shape index (κ3) is 7.60. The average molecular weight is 486 g/mol. The van der Waals surface area contributed by atoms with Gasteiger partial charge in [0.15, 0.2) is 6.61 Å². The van der Waals surface area contributed by atoms with Crippen molar-refractivity contribution in [2.45, 2.75) is 46.2 Å². The quantitative estimate of drug-likeness (QED) is 0.441. The van der Waals surface area contributed by atoms with E-state index < -0.39 is 6.04 Å². The molecule has 31 heavy (non-hydrogen) atoms. The number of unbranched alkanes of at least 4 members (excludes halogenated alkanes) is 1. The summed E-state index contributed by atoms with van der Waals surface area (Å²) >= 11 is 18.3. The predicted molar refractivity (Wildman–Crippen MR) is 126 cm³/mol. The summed E-state index contributed by atoms with van der Waals surface area (Å²) in [5, 5.41) is 4.42. The number of hydrogen-bond donors (Lipinski definition) is 1. The van der Waals surface area contributed by atoms with Gasteiger partial charge < -0.3 is 15.0 Å². The smallest absolute Gasteiger partial charge is 0.261 e. The van der Waals surface area contributed by atoms with Gasteiger partial charge in [-0.1, -0.05) is 54.2 Å². The fraction of sp³-hybridized carbons (Fsp3) is 0.391. The molecule has 0 fully saturated rings. The number of benzene rings is 2. The molecule has 0 saturated carbocycles. The fourth-order valence-electron chi connectivity index (χ4n) is 2.89. The highest BCUT2D eigenvalue weighted by Crippen LogP contribution is 2.24. The van der Waals surface area contributed by atoms with E-state index in [0.29, 0.717) is 32.9 Å². The number of ether oxygens (including phenoxy) is 1. The minimum atomic E-state index is -0.702. The Morgan fingerprint density at radius 2 is 1.84 bits per heavy atom. The first kappa shape index (κ1) is 25.3. The van der Waals surface area contributed by atoms with E-state index >= 15 is 0 Å². The molecule has 0 bridgehead atoms. The minimum absolute atomic E-state index is 0.153. The van der Waals surface area contributed by atoms with Crippen LogP contribution >= 0.6 is 34.8 Å². The number of halogens is 3. The van der Waals surface area contributed by atoms with Gasteiger partial charge in [-0.05, 0) is 61.7 Å². The van der Waals surface area contributed by atoms with Gasteiger partial charge >= 0.3 is 0 Å². The van der Waals surface area contributed by atoms with Gasteiger partial charge in [-0.15, -0.1) is 0 Å². The Labute approximate surface area is 198 Å². The molecule has 8 heteroatoms. The highest BCUT2D eigenvalue weighted by atomic mass is 35.5. The topological polar surface area (TPSA) is 58.6 Å². The summed E-state index contributed by atoms with van der Waals surface area (Å²) in [7, 11) is 0. The lowest BCUT2D eigenvalue weighted by molar-refractivity contribution is -0.142. The Morgan fingerprint density at radius 3 is 2.48 bits per heavy atom. The lowest BCUT2D eigenvalue weighted by Crippen LogP contribution is -2.49. The Balaban J connectivity index is 2.17. The van der Waals surface area contributed by atoms with Gasteiger partial charge in [0.05, 0.1) is 0 Å². The molecule has 0 aliphatic heterocycles. The van der Waals surface area contributed by atoms with Crippen LogP contribution in [-0.2, 0) is 16.1 Å². The minimum Gasteiger partial charge on any atom is -0.484 e. The van der Waals surface area contributed by atoms with Crippen LogP contribution in [0.25, 0.3) is 0 Å². The maximum absolute atomic E-state index is 13.1. The standard InChI is InChI=1S/C23H27Cl3N2O3/c1-4-5-10-27-23(30)16(3)28(13-17-6-7-18(24)12-21(17)26)22(29)14-31-19-8-9-20(25)15(2)11-19/h6-9,11-12,16H,4-5,10,13-14H2,1-3H3,(H,27,30)/t16-/m1/s1. The van der Waals surface area contributed by atoms with E-state index in [0.717, 1.165) is 18.4 Å². The van der Waals surface area contributed by atoms with Gasteiger partial charge in [-0.3, -0.25) is 9.59 Å². The van der Waals surface area contributed by atoms with Crippen molar-refractivity contribution in [1.82, 2.24) is 10.2 Å². The van der Waals surface area contributed by atoms with Crippen LogP contribution in [0.5, 0.6) is 5.75 Å². The molecule has 2 aromatic carbocycles. The molecule has 2 amide bonds. The lowest BCUT2D eigenvalue weighted by Gasteiger charge is -2.29. The van der Waals surface area contributed by atoms with Crippen LogP contribution in [-0.4, -0.2) is 35.9 Å². The van der Waals surface area contributed by atoms with Crippen LogP contribution in [0.4, 0.5) is 0 Å². The number of amides is 2. The summed E-state index contributed by atoms with van der Waals surface area (Å²) in [5.41, 5.74) is 1.54. The highest BCUT2D eigenvalue weighted by Gasteiger charge is 2.27. The number of aryl methyl sites for hydroxylation is 1. The largest absolute Gasteiger partial charge is 0.484 e. The zero-order chi connectivity index (χ0) is 23.0. The van der Waals surface area contributed by atoms with Crippen molar-refractivity contribution in [2.24, 2.45) is 0 Å². The first-order valence-electron chi connectivity index (χ1n) is 10.1. The van der Waals surface area contributed by atoms with Gasteiger partial charge in [0.2, 0.25) is 5.91 Å². The van der Waals surface area contributed by atoms with E-state index in [2.05, 4.69) is 5.32 Å². The van der Waals surface area contributed by atoms with Crippen molar-refractivity contribution < 1.29 is 14.3 Å². The maximum atomic E-state index is 13.1. The average Bonchev–Trinajstić information content (AvgIpc) is 2.73. The molecule has 0 spiro atoms. The molecular formula is C23H27Cl3N2O3. The van der Waals surface area contributed by atoms with Crippen molar-refractivity contribution in [1.29, 1.82) is 0 Å². The molecule has 0 aliphatic carbocycles. The Morgan fingerprint density at radius 1 is 1.10 bits per heavy atom. The zero-order valence-electron chi connectivity index (χ0n) is 17.9. The molecule has 2 aromatic rings. The van der Waals surface area contributed by atoms with Gasteiger partial charge in [-0.25, -0.2) is 0 Å². The van der Waals surface area contributed by atoms with Gasteiger partial charge in [0, 0.05) is 28.2 Å². The van der Waals surface area contributed by atoms with E-state index in [1.165, 1.54) is 4.90 Å². The third-order valence-electron chi connectivity index (χ3n) is 4.84. The number of carbonyl (C=O) groups is 2. The van der Waals surface area contributed by atoms with Crippen LogP contribution in [0.2, 0.25) is 15.1 Å². The van der Waals surface area contributed by atoms with Crippen LogP contribution in [0.3, 0.4) is 0 Å². The van der Waals surface area contributed by atoms with Crippen LogP contribution < -0.4 is 10.1 Å². The Bertz CT molecular complexity index is 921. The predicted octanol–water partition coefficient (Wildman–Crippen LogP) is 5.67. The van der Waals surface area contributed by atoms with Crippen molar-refractivity contribution in [3.63, 3.8) is 0 Å².